The summed E-state index contributed by atoms with van der Waals surface area (Å²) in [6, 6.07) is 0.317. The molecule has 58 heavy (non-hydrogen) atoms. The van der Waals surface area contributed by atoms with Crippen molar-refractivity contribution in [3.8, 4) is 0 Å². The van der Waals surface area contributed by atoms with Crippen LogP contribution in [0.2, 0.25) is 0 Å². The molecular formula is C54H97NO3. The molecule has 4 rings (SSSR count). The van der Waals surface area contributed by atoms with Crippen molar-refractivity contribution in [3.63, 3.8) is 0 Å². The van der Waals surface area contributed by atoms with Crippen molar-refractivity contribution in [1.29, 1.82) is 0 Å². The number of rotatable bonds is 31. The molecule has 4 heteroatoms. The summed E-state index contributed by atoms with van der Waals surface area (Å²) in [4.78, 5) is 2.26. The van der Waals surface area contributed by atoms with Gasteiger partial charge in [0.1, 0.15) is 0 Å². The van der Waals surface area contributed by atoms with E-state index >= 15 is 0 Å². The fourth-order valence-corrected chi connectivity index (χ4v) is 12.3. The Labute approximate surface area is 361 Å². The Balaban J connectivity index is 1.01. The van der Waals surface area contributed by atoms with E-state index in [0.29, 0.717) is 23.0 Å². The van der Waals surface area contributed by atoms with Crippen molar-refractivity contribution in [2.75, 3.05) is 47.1 Å². The van der Waals surface area contributed by atoms with Crippen LogP contribution in [0.1, 0.15) is 202 Å². The number of nitrogens with zero attached hydrogens (tertiary/aromatic N) is 1. The Morgan fingerprint density at radius 3 is 2.05 bits per heavy atom. The number of hydrogen-bond donors (Lipinski definition) is 0. The lowest BCUT2D eigenvalue weighted by Gasteiger charge is -2.58. The first-order valence-corrected chi connectivity index (χ1v) is 25.5. The Morgan fingerprint density at radius 1 is 0.707 bits per heavy atom. The molecule has 1 unspecified atom stereocenters. The molecule has 336 valence electrons. The molecular weight excluding hydrogens is 711 g/mol. The summed E-state index contributed by atoms with van der Waals surface area (Å²) < 4.78 is 18.8. The van der Waals surface area contributed by atoms with Crippen LogP contribution < -0.4 is 0 Å². The highest BCUT2D eigenvalue weighted by atomic mass is 16.5. The van der Waals surface area contributed by atoms with Crippen molar-refractivity contribution in [3.05, 3.63) is 36.0 Å². The van der Waals surface area contributed by atoms with Gasteiger partial charge in [0, 0.05) is 19.8 Å². The molecule has 3 fully saturated rings. The van der Waals surface area contributed by atoms with Crippen LogP contribution in [0.15, 0.2) is 36.0 Å². The predicted octanol–water partition coefficient (Wildman–Crippen LogP) is 15.0. The minimum Gasteiger partial charge on any atom is -0.380 e. The van der Waals surface area contributed by atoms with Gasteiger partial charge in [0.15, 0.2) is 0 Å². The third-order valence-electron chi connectivity index (χ3n) is 16.1. The highest BCUT2D eigenvalue weighted by Crippen LogP contribution is 2.67. The molecule has 0 aromatic heterocycles. The third-order valence-corrected chi connectivity index (χ3v) is 16.1. The van der Waals surface area contributed by atoms with E-state index in [1.54, 1.807) is 5.57 Å². The second kappa shape index (κ2) is 27.2. The van der Waals surface area contributed by atoms with Crippen LogP contribution in [-0.4, -0.2) is 64.2 Å². The van der Waals surface area contributed by atoms with Gasteiger partial charge in [-0.05, 0) is 163 Å². The monoisotopic (exact) mass is 808 g/mol. The Hall–Kier alpha value is -0.940. The second-order valence-electron chi connectivity index (χ2n) is 21.1. The van der Waals surface area contributed by atoms with Crippen molar-refractivity contribution in [2.45, 2.75) is 214 Å². The number of unbranched alkanes of at least 4 members (excludes halogenated alkanes) is 10. The molecule has 0 spiro atoms. The third kappa shape index (κ3) is 15.8. The maximum absolute atomic E-state index is 6.57. The number of allylic oxidation sites excluding steroid dienone is 5. The van der Waals surface area contributed by atoms with Gasteiger partial charge in [0.2, 0.25) is 0 Å². The van der Waals surface area contributed by atoms with E-state index < -0.39 is 0 Å². The molecule has 4 nitrogen and oxygen atoms in total. The van der Waals surface area contributed by atoms with Gasteiger partial charge in [0.05, 0.1) is 25.4 Å². The molecule has 4 aliphatic carbocycles. The standard InChI is InChI=1S/C54H97NO3/c1-9-10-11-12-13-14-15-16-17-18-19-20-21-22-23-24-38-56-42-47(55(7)8)43-57-39-25-26-40-58-48-34-36-53(5)46(41-48)30-31-49-51-33-32-50(45(4)29-27-28-44(2)3)54(51,6)37-35-52(49)53/h13-14,16-17,30,44-45,47-52H,9-12,15,18-29,31-43H2,1-8H3/b14-13-,17-16-/t45-,47-,48?,49+,50-,51+,52+,53+,54-/m1/s1. The SMILES string of the molecule is CCCCC/C=C\C/C=C\CCCCCCCCOC[C@H](COCCCCOC1CC[C@@]2(C)C(=CC[C@H]3[C@@H]4CC[C@H]([C@H](C)CCCC(C)C)[C@@]4(C)CC[C@@H]32)C1)N(C)C. The molecule has 0 aliphatic heterocycles. The smallest absolute Gasteiger partial charge is 0.0644 e. The van der Waals surface area contributed by atoms with Crippen LogP contribution in [-0.2, 0) is 14.2 Å². The zero-order valence-corrected chi connectivity index (χ0v) is 39.9. The summed E-state index contributed by atoms with van der Waals surface area (Å²) >= 11 is 0. The minimum atomic E-state index is 0.317. The number of likely N-dealkylation sites (N-methyl/N-ethyl adjacent to an activating group) is 1. The molecule has 0 N–H and O–H groups in total. The van der Waals surface area contributed by atoms with Crippen molar-refractivity contribution < 1.29 is 14.2 Å². The Kier molecular flexibility index (Phi) is 23.3. The van der Waals surface area contributed by atoms with Gasteiger partial charge in [-0.3, -0.25) is 0 Å². The van der Waals surface area contributed by atoms with E-state index in [1.165, 1.54) is 141 Å². The number of fused-ring (bicyclic) bond motifs is 5. The largest absolute Gasteiger partial charge is 0.380 e. The summed E-state index contributed by atoms with van der Waals surface area (Å²) in [7, 11) is 4.30. The summed E-state index contributed by atoms with van der Waals surface area (Å²) in [5.41, 5.74) is 2.75. The predicted molar refractivity (Wildman–Crippen MR) is 250 cm³/mol. The van der Waals surface area contributed by atoms with Crippen LogP contribution in [0, 0.1) is 46.3 Å². The van der Waals surface area contributed by atoms with Gasteiger partial charge < -0.3 is 19.1 Å². The van der Waals surface area contributed by atoms with Crippen LogP contribution in [0.3, 0.4) is 0 Å². The van der Waals surface area contributed by atoms with Gasteiger partial charge in [-0.1, -0.05) is 135 Å². The lowest BCUT2D eigenvalue weighted by Crippen LogP contribution is -2.51. The van der Waals surface area contributed by atoms with Gasteiger partial charge in [-0.25, -0.2) is 0 Å². The first-order valence-electron chi connectivity index (χ1n) is 25.5. The average molecular weight is 808 g/mol. The van der Waals surface area contributed by atoms with E-state index in [1.807, 2.05) is 0 Å². The molecule has 0 bridgehead atoms. The fraction of sp³-hybridized carbons (Fsp3) is 0.889. The highest BCUT2D eigenvalue weighted by molar-refractivity contribution is 5.25. The first kappa shape index (κ1) is 49.7. The van der Waals surface area contributed by atoms with E-state index in [2.05, 4.69) is 90.9 Å². The summed E-state index contributed by atoms with van der Waals surface area (Å²) in [6.45, 7) is 19.1. The topological polar surface area (TPSA) is 30.9 Å². The van der Waals surface area contributed by atoms with Gasteiger partial charge >= 0.3 is 0 Å². The van der Waals surface area contributed by atoms with E-state index in [9.17, 15) is 0 Å². The number of ether oxygens (including phenoxy) is 3. The summed E-state index contributed by atoms with van der Waals surface area (Å²) in [6.07, 6.45) is 45.3. The second-order valence-corrected chi connectivity index (χ2v) is 21.1. The molecule has 9 atom stereocenters. The lowest BCUT2D eigenvalue weighted by atomic mass is 9.47. The van der Waals surface area contributed by atoms with Crippen LogP contribution in [0.5, 0.6) is 0 Å². The average Bonchev–Trinajstić information content (AvgIpc) is 3.56. The van der Waals surface area contributed by atoms with Gasteiger partial charge in [-0.2, -0.15) is 0 Å². The lowest BCUT2D eigenvalue weighted by molar-refractivity contribution is -0.0643. The molecule has 0 saturated heterocycles. The molecule has 0 amide bonds. The molecule has 3 saturated carbocycles. The Morgan fingerprint density at radius 2 is 1.36 bits per heavy atom. The minimum absolute atomic E-state index is 0.317. The van der Waals surface area contributed by atoms with E-state index in [-0.39, 0.29) is 0 Å². The van der Waals surface area contributed by atoms with E-state index in [4.69, 9.17) is 14.2 Å². The number of hydrogen-bond acceptors (Lipinski definition) is 4. The fourth-order valence-electron chi connectivity index (χ4n) is 12.3. The maximum atomic E-state index is 6.57. The zero-order valence-electron chi connectivity index (χ0n) is 39.9. The molecule has 0 aromatic rings. The van der Waals surface area contributed by atoms with Crippen molar-refractivity contribution in [1.82, 2.24) is 4.90 Å². The van der Waals surface area contributed by atoms with Gasteiger partial charge in [-0.15, -0.1) is 0 Å². The first-order chi connectivity index (χ1) is 28.1. The molecule has 0 heterocycles. The zero-order chi connectivity index (χ0) is 41.6. The normalized spacial score (nSPS) is 29.6. The van der Waals surface area contributed by atoms with Crippen LogP contribution >= 0.6 is 0 Å². The highest BCUT2D eigenvalue weighted by Gasteiger charge is 2.59. The quantitative estimate of drug-likeness (QED) is 0.0516. The molecule has 0 radical (unpaired) electrons. The maximum Gasteiger partial charge on any atom is 0.0644 e. The van der Waals surface area contributed by atoms with Crippen LogP contribution in [0.25, 0.3) is 0 Å². The van der Waals surface area contributed by atoms with Crippen LogP contribution in [0.4, 0.5) is 0 Å². The summed E-state index contributed by atoms with van der Waals surface area (Å²) in [5, 5.41) is 0. The Bertz CT molecular complexity index is 1170. The van der Waals surface area contributed by atoms with E-state index in [0.717, 1.165) is 87.8 Å². The summed E-state index contributed by atoms with van der Waals surface area (Å²) in [5.74, 6) is 5.44. The van der Waals surface area contributed by atoms with Crippen molar-refractivity contribution in [2.24, 2.45) is 46.3 Å². The van der Waals surface area contributed by atoms with Gasteiger partial charge in [0.25, 0.3) is 0 Å². The molecule has 4 aliphatic rings. The molecule has 0 aromatic carbocycles. The van der Waals surface area contributed by atoms with Crippen molar-refractivity contribution >= 4 is 0 Å².